The van der Waals surface area contributed by atoms with Crippen LogP contribution in [0.4, 0.5) is 0 Å². The third-order valence-electron chi connectivity index (χ3n) is 3.11. The van der Waals surface area contributed by atoms with Crippen LogP contribution in [-0.4, -0.2) is 51.2 Å². The van der Waals surface area contributed by atoms with E-state index in [0.717, 1.165) is 10.6 Å². The van der Waals surface area contributed by atoms with Gasteiger partial charge in [0.05, 0.1) is 27.0 Å². The average Bonchev–Trinajstić information content (AvgIpc) is 2.43. The Hall–Kier alpha value is -1.80. The molecular weight excluding hydrogens is 332 g/mol. The molecule has 1 aromatic rings. The molecule has 1 aromatic carbocycles. The molecule has 1 rings (SSSR count). The lowest BCUT2D eigenvalue weighted by atomic mass is 10.1. The number of nitrogens with one attached hydrogen (secondary N) is 1. The fourth-order valence-corrected chi connectivity index (χ4v) is 2.83. The van der Waals surface area contributed by atoms with Crippen molar-refractivity contribution in [2.24, 2.45) is 0 Å². The van der Waals surface area contributed by atoms with Crippen LogP contribution in [0.3, 0.4) is 0 Å². The Bertz CT molecular complexity index is 680. The number of rotatable bonds is 7. The quantitative estimate of drug-likeness (QED) is 0.796. The SMILES string of the molecule is COc1ccc(CN(CC(=O)NC(C)(C)C)S(C)(=O)=O)cc1OC. The van der Waals surface area contributed by atoms with Crippen LogP contribution in [0, 0.1) is 0 Å². The highest BCUT2D eigenvalue weighted by Gasteiger charge is 2.23. The highest BCUT2D eigenvalue weighted by atomic mass is 32.2. The summed E-state index contributed by atoms with van der Waals surface area (Å²) in [6.45, 7) is 5.33. The van der Waals surface area contributed by atoms with E-state index >= 15 is 0 Å². The number of nitrogens with zero attached hydrogens (tertiary/aromatic N) is 1. The van der Waals surface area contributed by atoms with E-state index in [1.807, 2.05) is 20.8 Å². The molecule has 0 fully saturated rings. The molecule has 0 aromatic heterocycles. The molecule has 0 atom stereocenters. The first-order chi connectivity index (χ1) is 11.0. The van der Waals surface area contributed by atoms with E-state index in [-0.39, 0.29) is 19.0 Å². The summed E-state index contributed by atoms with van der Waals surface area (Å²) in [5.41, 5.74) is 0.269. The maximum absolute atomic E-state index is 12.1. The van der Waals surface area contributed by atoms with Crippen molar-refractivity contribution < 1.29 is 22.7 Å². The van der Waals surface area contributed by atoms with Gasteiger partial charge < -0.3 is 14.8 Å². The summed E-state index contributed by atoms with van der Waals surface area (Å²) in [7, 11) is -0.517. The Kier molecular flexibility index (Phi) is 6.62. The predicted octanol–water partition coefficient (Wildman–Crippen LogP) is 1.38. The van der Waals surface area contributed by atoms with Crippen molar-refractivity contribution in [1.82, 2.24) is 9.62 Å². The fourth-order valence-electron chi connectivity index (χ4n) is 2.09. The van der Waals surface area contributed by atoms with E-state index in [0.29, 0.717) is 17.1 Å². The Balaban J connectivity index is 2.98. The van der Waals surface area contributed by atoms with Gasteiger partial charge in [0, 0.05) is 12.1 Å². The van der Waals surface area contributed by atoms with Gasteiger partial charge in [0.2, 0.25) is 15.9 Å². The minimum atomic E-state index is -3.55. The lowest BCUT2D eigenvalue weighted by molar-refractivity contribution is -0.122. The van der Waals surface area contributed by atoms with Gasteiger partial charge in [-0.25, -0.2) is 8.42 Å². The van der Waals surface area contributed by atoms with Crippen molar-refractivity contribution in [2.75, 3.05) is 27.0 Å². The molecule has 0 aliphatic carbocycles. The van der Waals surface area contributed by atoms with Crippen molar-refractivity contribution >= 4 is 15.9 Å². The summed E-state index contributed by atoms with van der Waals surface area (Å²) in [4.78, 5) is 12.1. The molecule has 0 aliphatic rings. The zero-order valence-electron chi connectivity index (χ0n) is 15.0. The summed E-state index contributed by atoms with van der Waals surface area (Å²) < 4.78 is 35.5. The van der Waals surface area contributed by atoms with Gasteiger partial charge in [-0.05, 0) is 38.5 Å². The van der Waals surface area contributed by atoms with Gasteiger partial charge in [0.1, 0.15) is 0 Å². The maximum Gasteiger partial charge on any atom is 0.235 e. The summed E-state index contributed by atoms with van der Waals surface area (Å²) >= 11 is 0. The lowest BCUT2D eigenvalue weighted by Crippen LogP contribution is -2.46. The van der Waals surface area contributed by atoms with Crippen LogP contribution in [0.25, 0.3) is 0 Å². The van der Waals surface area contributed by atoms with Gasteiger partial charge >= 0.3 is 0 Å². The van der Waals surface area contributed by atoms with E-state index in [1.165, 1.54) is 14.2 Å². The number of amides is 1. The van der Waals surface area contributed by atoms with Crippen LogP contribution >= 0.6 is 0 Å². The number of sulfonamides is 1. The predicted molar refractivity (Wildman–Crippen MR) is 92.7 cm³/mol. The number of carbonyl (C=O) groups excluding carboxylic acids is 1. The lowest BCUT2D eigenvalue weighted by Gasteiger charge is -2.24. The highest BCUT2D eigenvalue weighted by molar-refractivity contribution is 7.88. The molecular formula is C16H26N2O5S. The Morgan fingerprint density at radius 1 is 1.17 bits per heavy atom. The molecule has 0 radical (unpaired) electrons. The largest absolute Gasteiger partial charge is 0.493 e. The van der Waals surface area contributed by atoms with Crippen LogP contribution in [-0.2, 0) is 21.4 Å². The Labute approximate surface area is 144 Å². The molecule has 0 saturated heterocycles. The molecule has 24 heavy (non-hydrogen) atoms. The molecule has 0 saturated carbocycles. The smallest absolute Gasteiger partial charge is 0.235 e. The summed E-state index contributed by atoms with van der Waals surface area (Å²) in [6.07, 6.45) is 1.08. The van der Waals surface area contributed by atoms with Crippen LogP contribution in [0.5, 0.6) is 11.5 Å². The third kappa shape index (κ3) is 6.37. The van der Waals surface area contributed by atoms with Crippen molar-refractivity contribution in [2.45, 2.75) is 32.9 Å². The van der Waals surface area contributed by atoms with Crippen molar-refractivity contribution in [1.29, 1.82) is 0 Å². The number of ether oxygens (including phenoxy) is 2. The summed E-state index contributed by atoms with van der Waals surface area (Å²) in [5, 5.41) is 2.76. The normalized spacial score (nSPS) is 12.1. The highest BCUT2D eigenvalue weighted by Crippen LogP contribution is 2.28. The second-order valence-electron chi connectivity index (χ2n) is 6.52. The number of benzene rings is 1. The molecule has 1 N–H and O–H groups in total. The number of hydrogen-bond donors (Lipinski definition) is 1. The minimum absolute atomic E-state index is 0.0662. The van der Waals surface area contributed by atoms with E-state index in [1.54, 1.807) is 18.2 Å². The zero-order valence-corrected chi connectivity index (χ0v) is 15.9. The van der Waals surface area contributed by atoms with Gasteiger partial charge in [-0.3, -0.25) is 4.79 Å². The molecule has 0 unspecified atom stereocenters. The standard InChI is InChI=1S/C16H26N2O5S/c1-16(2,3)17-15(19)11-18(24(6,20)21)10-12-7-8-13(22-4)14(9-12)23-5/h7-9H,10-11H2,1-6H3,(H,17,19). The van der Waals surface area contributed by atoms with E-state index in [4.69, 9.17) is 9.47 Å². The molecule has 8 heteroatoms. The van der Waals surface area contributed by atoms with Crippen LogP contribution < -0.4 is 14.8 Å². The molecule has 136 valence electrons. The van der Waals surface area contributed by atoms with Crippen molar-refractivity contribution in [3.63, 3.8) is 0 Å². The second-order valence-corrected chi connectivity index (χ2v) is 8.50. The van der Waals surface area contributed by atoms with Gasteiger partial charge in [-0.1, -0.05) is 6.07 Å². The first kappa shape index (κ1) is 20.2. The molecule has 0 bridgehead atoms. The van der Waals surface area contributed by atoms with E-state index < -0.39 is 15.6 Å². The van der Waals surface area contributed by atoms with E-state index in [9.17, 15) is 13.2 Å². The average molecular weight is 358 g/mol. The minimum Gasteiger partial charge on any atom is -0.493 e. The molecule has 0 heterocycles. The Morgan fingerprint density at radius 3 is 2.21 bits per heavy atom. The first-order valence-electron chi connectivity index (χ1n) is 7.43. The van der Waals surface area contributed by atoms with E-state index in [2.05, 4.69) is 5.32 Å². The molecule has 7 nitrogen and oxygen atoms in total. The molecule has 0 spiro atoms. The molecule has 1 amide bonds. The van der Waals surface area contributed by atoms with Gasteiger partial charge in [-0.15, -0.1) is 0 Å². The molecule has 0 aliphatic heterocycles. The summed E-state index contributed by atoms with van der Waals surface area (Å²) in [6, 6.07) is 5.13. The topological polar surface area (TPSA) is 84.9 Å². The monoisotopic (exact) mass is 358 g/mol. The second kappa shape index (κ2) is 7.85. The van der Waals surface area contributed by atoms with Crippen LogP contribution in [0.2, 0.25) is 0 Å². The van der Waals surface area contributed by atoms with Gasteiger partial charge in [0.25, 0.3) is 0 Å². The maximum atomic E-state index is 12.1. The van der Waals surface area contributed by atoms with Gasteiger partial charge in [0.15, 0.2) is 11.5 Å². The number of carbonyl (C=O) groups is 1. The summed E-state index contributed by atoms with van der Waals surface area (Å²) in [5.74, 6) is 0.702. The van der Waals surface area contributed by atoms with Gasteiger partial charge in [-0.2, -0.15) is 4.31 Å². The number of hydrogen-bond acceptors (Lipinski definition) is 5. The van der Waals surface area contributed by atoms with Crippen molar-refractivity contribution in [3.05, 3.63) is 23.8 Å². The third-order valence-corrected chi connectivity index (χ3v) is 4.31. The fraction of sp³-hybridized carbons (Fsp3) is 0.562. The number of methoxy groups -OCH3 is 2. The van der Waals surface area contributed by atoms with Crippen molar-refractivity contribution in [3.8, 4) is 11.5 Å². The first-order valence-corrected chi connectivity index (χ1v) is 9.28. The van der Waals surface area contributed by atoms with Crippen LogP contribution in [0.15, 0.2) is 18.2 Å². The Morgan fingerprint density at radius 2 is 1.75 bits per heavy atom. The zero-order chi connectivity index (χ0) is 18.5. The van der Waals surface area contributed by atoms with Crippen LogP contribution in [0.1, 0.15) is 26.3 Å².